The Balaban J connectivity index is 0.00000264. The Morgan fingerprint density at radius 1 is 1.35 bits per heavy atom. The normalized spacial score (nSPS) is 20.4. The van der Waals surface area contributed by atoms with Gasteiger partial charge in [-0.15, -0.1) is 24.0 Å². The number of hydrogen-bond acceptors (Lipinski definition) is 2. The Bertz CT molecular complexity index is 507. The van der Waals surface area contributed by atoms with Crippen molar-refractivity contribution in [3.05, 3.63) is 18.5 Å². The van der Waals surface area contributed by atoms with Crippen LogP contribution in [0.3, 0.4) is 0 Å². The van der Waals surface area contributed by atoms with Gasteiger partial charge in [0.15, 0.2) is 5.96 Å². The smallest absolute Gasteiger partial charge is 0.194 e. The largest absolute Gasteiger partial charge is 0.356 e. The summed E-state index contributed by atoms with van der Waals surface area (Å²) in [5, 5.41) is 7.71. The fraction of sp³-hybridized carbons (Fsp3) is 0.765. The molecule has 1 fully saturated rings. The van der Waals surface area contributed by atoms with Gasteiger partial charge in [0.25, 0.3) is 0 Å². The maximum atomic E-state index is 4.87. The van der Waals surface area contributed by atoms with E-state index in [0.717, 1.165) is 32.1 Å². The fourth-order valence-electron chi connectivity index (χ4n) is 2.82. The molecule has 132 valence electrons. The van der Waals surface area contributed by atoms with Gasteiger partial charge >= 0.3 is 0 Å². The third-order valence-electron chi connectivity index (χ3n) is 5.09. The second-order valence-electron chi connectivity index (χ2n) is 7.56. The lowest BCUT2D eigenvalue weighted by Crippen LogP contribution is -2.72. The van der Waals surface area contributed by atoms with Crippen molar-refractivity contribution in [1.82, 2.24) is 20.0 Å². The SMILES string of the molecule is CCNC(=NCC(C)Cn1cccn1)N1CC(C)(C)C1(C)C.I. The van der Waals surface area contributed by atoms with Crippen LogP contribution in [-0.4, -0.2) is 45.8 Å². The van der Waals surface area contributed by atoms with E-state index >= 15 is 0 Å². The Morgan fingerprint density at radius 2 is 2.04 bits per heavy atom. The van der Waals surface area contributed by atoms with E-state index in [2.05, 4.69) is 56.9 Å². The van der Waals surface area contributed by atoms with Gasteiger partial charge in [-0.25, -0.2) is 0 Å². The summed E-state index contributed by atoms with van der Waals surface area (Å²) in [6, 6.07) is 1.96. The van der Waals surface area contributed by atoms with Gasteiger partial charge < -0.3 is 10.2 Å². The zero-order valence-corrected chi connectivity index (χ0v) is 17.7. The van der Waals surface area contributed by atoms with Crippen molar-refractivity contribution in [3.63, 3.8) is 0 Å². The predicted molar refractivity (Wildman–Crippen MR) is 107 cm³/mol. The van der Waals surface area contributed by atoms with Gasteiger partial charge in [0.2, 0.25) is 0 Å². The fourth-order valence-corrected chi connectivity index (χ4v) is 2.82. The van der Waals surface area contributed by atoms with Gasteiger partial charge in [-0.2, -0.15) is 5.10 Å². The van der Waals surface area contributed by atoms with Crippen molar-refractivity contribution >= 4 is 29.9 Å². The van der Waals surface area contributed by atoms with Crippen molar-refractivity contribution in [3.8, 4) is 0 Å². The highest BCUT2D eigenvalue weighted by Gasteiger charge is 2.53. The van der Waals surface area contributed by atoms with E-state index in [0.29, 0.717) is 11.3 Å². The van der Waals surface area contributed by atoms with E-state index in [4.69, 9.17) is 4.99 Å². The molecular weight excluding hydrogens is 401 g/mol. The molecule has 1 saturated heterocycles. The molecule has 23 heavy (non-hydrogen) atoms. The van der Waals surface area contributed by atoms with Gasteiger partial charge in [0.1, 0.15) is 0 Å². The van der Waals surface area contributed by atoms with Crippen molar-refractivity contribution in [2.45, 2.75) is 53.6 Å². The van der Waals surface area contributed by atoms with Gasteiger partial charge in [-0.3, -0.25) is 9.67 Å². The number of nitrogens with one attached hydrogen (secondary N) is 1. The summed E-state index contributed by atoms with van der Waals surface area (Å²) in [5.41, 5.74) is 0.461. The van der Waals surface area contributed by atoms with Gasteiger partial charge in [-0.05, 0) is 32.8 Å². The third-order valence-corrected chi connectivity index (χ3v) is 5.09. The van der Waals surface area contributed by atoms with Crippen LogP contribution in [0, 0.1) is 11.3 Å². The number of nitrogens with zero attached hydrogens (tertiary/aromatic N) is 4. The average molecular weight is 433 g/mol. The highest BCUT2D eigenvalue weighted by atomic mass is 127. The molecule has 1 atom stereocenters. The van der Waals surface area contributed by atoms with Crippen LogP contribution in [0.1, 0.15) is 41.5 Å². The summed E-state index contributed by atoms with van der Waals surface area (Å²) in [7, 11) is 0. The summed E-state index contributed by atoms with van der Waals surface area (Å²) in [6.07, 6.45) is 3.83. The maximum Gasteiger partial charge on any atom is 0.194 e. The van der Waals surface area contributed by atoms with Crippen LogP contribution in [-0.2, 0) is 6.54 Å². The summed E-state index contributed by atoms with van der Waals surface area (Å²) in [5.74, 6) is 1.50. The Kier molecular flexibility index (Phi) is 6.92. The molecule has 1 N–H and O–H groups in total. The molecule has 0 bridgehead atoms. The van der Waals surface area contributed by atoms with Crippen LogP contribution < -0.4 is 5.32 Å². The van der Waals surface area contributed by atoms with Crippen molar-refractivity contribution in [2.75, 3.05) is 19.6 Å². The molecule has 1 aromatic heterocycles. The van der Waals surface area contributed by atoms with E-state index in [1.807, 2.05) is 23.1 Å². The standard InChI is InChI=1S/C17H31N5.HI/c1-7-18-15(22-13-16(3,4)17(22,5)6)19-11-14(2)12-21-10-8-9-20-21;/h8-10,14H,7,11-13H2,1-6H3,(H,18,19);1H. The number of rotatable bonds is 5. The monoisotopic (exact) mass is 433 g/mol. The topological polar surface area (TPSA) is 45.5 Å². The minimum atomic E-state index is 0. The lowest BCUT2D eigenvalue weighted by atomic mass is 9.65. The number of hydrogen-bond donors (Lipinski definition) is 1. The Labute approximate surface area is 157 Å². The number of halogens is 1. The van der Waals surface area contributed by atoms with Crippen molar-refractivity contribution in [1.29, 1.82) is 0 Å². The van der Waals surface area contributed by atoms with Crippen LogP contribution in [0.25, 0.3) is 0 Å². The average Bonchev–Trinajstić information content (AvgIpc) is 2.94. The second kappa shape index (κ2) is 7.85. The molecule has 0 saturated carbocycles. The lowest BCUT2D eigenvalue weighted by Gasteiger charge is -2.62. The molecule has 1 aliphatic rings. The highest BCUT2D eigenvalue weighted by molar-refractivity contribution is 14.0. The molecule has 6 heteroatoms. The first kappa shape index (κ1) is 20.3. The number of aromatic nitrogens is 2. The zero-order valence-electron chi connectivity index (χ0n) is 15.3. The molecule has 1 aliphatic heterocycles. The van der Waals surface area contributed by atoms with E-state index in [-0.39, 0.29) is 29.5 Å². The molecule has 1 aromatic rings. The second-order valence-corrected chi connectivity index (χ2v) is 7.56. The van der Waals surface area contributed by atoms with Crippen molar-refractivity contribution in [2.24, 2.45) is 16.3 Å². The van der Waals surface area contributed by atoms with Gasteiger partial charge in [0.05, 0.1) is 0 Å². The Morgan fingerprint density at radius 3 is 2.52 bits per heavy atom. The molecule has 5 nitrogen and oxygen atoms in total. The minimum Gasteiger partial charge on any atom is -0.356 e. The van der Waals surface area contributed by atoms with Crippen LogP contribution in [0.2, 0.25) is 0 Å². The minimum absolute atomic E-state index is 0. The molecule has 2 rings (SSSR count). The van der Waals surface area contributed by atoms with E-state index in [1.54, 1.807) is 0 Å². The summed E-state index contributed by atoms with van der Waals surface area (Å²) >= 11 is 0. The first-order valence-electron chi connectivity index (χ1n) is 8.31. The van der Waals surface area contributed by atoms with Crippen LogP contribution >= 0.6 is 24.0 Å². The first-order valence-corrected chi connectivity index (χ1v) is 8.31. The molecular formula is C17H32IN5. The number of guanidine groups is 1. The molecule has 0 aromatic carbocycles. The molecule has 0 amide bonds. The van der Waals surface area contributed by atoms with Crippen LogP contribution in [0.4, 0.5) is 0 Å². The lowest BCUT2D eigenvalue weighted by molar-refractivity contribution is -0.0668. The molecule has 1 unspecified atom stereocenters. The maximum absolute atomic E-state index is 4.87. The predicted octanol–water partition coefficient (Wildman–Crippen LogP) is 3.22. The third kappa shape index (κ3) is 4.39. The summed E-state index contributed by atoms with van der Waals surface area (Å²) in [6.45, 7) is 17.3. The van der Waals surface area contributed by atoms with E-state index in [1.165, 1.54) is 0 Å². The molecule has 2 heterocycles. The van der Waals surface area contributed by atoms with Gasteiger partial charge in [-0.1, -0.05) is 20.8 Å². The van der Waals surface area contributed by atoms with Crippen molar-refractivity contribution < 1.29 is 0 Å². The van der Waals surface area contributed by atoms with Crippen LogP contribution in [0.5, 0.6) is 0 Å². The Hall–Kier alpha value is -0.790. The summed E-state index contributed by atoms with van der Waals surface area (Å²) < 4.78 is 1.98. The number of likely N-dealkylation sites (tertiary alicyclic amines) is 1. The molecule has 0 spiro atoms. The zero-order chi connectivity index (χ0) is 16.4. The van der Waals surface area contributed by atoms with E-state index < -0.39 is 0 Å². The number of aliphatic imine (C=N–C) groups is 1. The molecule has 0 radical (unpaired) electrons. The van der Waals surface area contributed by atoms with Crippen LogP contribution in [0.15, 0.2) is 23.5 Å². The van der Waals surface area contributed by atoms with E-state index in [9.17, 15) is 0 Å². The quantitative estimate of drug-likeness (QED) is 0.441. The summed E-state index contributed by atoms with van der Waals surface area (Å²) in [4.78, 5) is 7.27. The molecule has 0 aliphatic carbocycles. The first-order chi connectivity index (χ1) is 10.3. The highest BCUT2D eigenvalue weighted by Crippen LogP contribution is 2.46. The van der Waals surface area contributed by atoms with Gasteiger partial charge in [0, 0.05) is 49.5 Å².